The molecule has 0 bridgehead atoms. The van der Waals surface area contributed by atoms with Crippen LogP contribution in [0.2, 0.25) is 0 Å². The summed E-state index contributed by atoms with van der Waals surface area (Å²) in [4.78, 5) is 4.40. The zero-order chi connectivity index (χ0) is 17.6. The number of rotatable bonds is 1. The second-order valence-electron chi connectivity index (χ2n) is 5.73. The third kappa shape index (κ3) is 2.48. The number of aromatic hydroxyl groups is 1. The summed E-state index contributed by atoms with van der Waals surface area (Å²) in [6.07, 6.45) is -4.70. The van der Waals surface area contributed by atoms with E-state index >= 15 is 0 Å². The molecule has 0 saturated heterocycles. The minimum absolute atomic E-state index is 0.0724. The van der Waals surface area contributed by atoms with Crippen molar-refractivity contribution in [2.24, 2.45) is 0 Å². The average molecular weight is 339 g/mol. The summed E-state index contributed by atoms with van der Waals surface area (Å²) in [5.41, 5.74) is -0.471. The summed E-state index contributed by atoms with van der Waals surface area (Å²) >= 11 is 0. The zero-order valence-corrected chi connectivity index (χ0v) is 12.9. The molecule has 0 spiro atoms. The Labute approximate surface area is 141 Å². The number of pyridine rings is 1. The minimum Gasteiger partial charge on any atom is -0.505 e. The molecule has 0 unspecified atom stereocenters. The molecular weight excluding hydrogens is 327 g/mol. The van der Waals surface area contributed by atoms with Gasteiger partial charge in [0.1, 0.15) is 11.3 Å². The van der Waals surface area contributed by atoms with Crippen LogP contribution < -0.4 is 0 Å². The molecule has 0 radical (unpaired) electrons. The van der Waals surface area contributed by atoms with E-state index < -0.39 is 17.5 Å². The minimum atomic E-state index is -4.70. The first-order chi connectivity index (χ1) is 12.0. The first-order valence-electron chi connectivity index (χ1n) is 7.64. The van der Waals surface area contributed by atoms with E-state index in [9.17, 15) is 18.3 Å². The Balaban J connectivity index is 2.21. The molecule has 0 aliphatic carbocycles. The number of aromatic nitrogens is 1. The van der Waals surface area contributed by atoms with Crippen molar-refractivity contribution in [2.45, 2.75) is 6.18 Å². The predicted molar refractivity (Wildman–Crippen MR) is 91.4 cm³/mol. The number of benzene rings is 3. The highest BCUT2D eigenvalue weighted by Crippen LogP contribution is 2.45. The molecule has 1 heterocycles. The molecule has 0 amide bonds. The van der Waals surface area contributed by atoms with Crippen molar-refractivity contribution in [1.82, 2.24) is 4.98 Å². The molecule has 3 aromatic carbocycles. The van der Waals surface area contributed by atoms with Gasteiger partial charge in [0.15, 0.2) is 5.75 Å². The van der Waals surface area contributed by atoms with Crippen LogP contribution in [0.1, 0.15) is 5.56 Å². The van der Waals surface area contributed by atoms with Crippen LogP contribution in [0.3, 0.4) is 0 Å². The summed E-state index contributed by atoms with van der Waals surface area (Å²) in [5.74, 6) is -0.846. The Kier molecular flexibility index (Phi) is 3.39. The van der Waals surface area contributed by atoms with Gasteiger partial charge < -0.3 is 5.11 Å². The Hall–Kier alpha value is -3.08. The highest BCUT2D eigenvalue weighted by Gasteiger charge is 2.38. The lowest BCUT2D eigenvalue weighted by Crippen LogP contribution is -2.08. The lowest BCUT2D eigenvalue weighted by atomic mass is 9.98. The van der Waals surface area contributed by atoms with Gasteiger partial charge in [0.05, 0.1) is 5.52 Å². The SMILES string of the molecule is Oc1c(-c2ccccc2)nc2c(ccc3ccccc32)c1C(F)(F)F. The molecule has 0 aliphatic rings. The van der Waals surface area contributed by atoms with Gasteiger partial charge in [-0.15, -0.1) is 0 Å². The summed E-state index contributed by atoms with van der Waals surface area (Å²) < 4.78 is 41.1. The van der Waals surface area contributed by atoms with Gasteiger partial charge in [-0.2, -0.15) is 13.2 Å². The van der Waals surface area contributed by atoms with Gasteiger partial charge in [0.2, 0.25) is 0 Å². The predicted octanol–water partition coefficient (Wildman–Crippen LogP) is 5.78. The third-order valence-electron chi connectivity index (χ3n) is 4.19. The van der Waals surface area contributed by atoms with Gasteiger partial charge in [0.25, 0.3) is 0 Å². The van der Waals surface area contributed by atoms with Crippen LogP contribution in [-0.4, -0.2) is 10.1 Å². The van der Waals surface area contributed by atoms with Crippen LogP contribution in [0.25, 0.3) is 32.9 Å². The second kappa shape index (κ2) is 5.48. The van der Waals surface area contributed by atoms with Gasteiger partial charge in [-0.05, 0) is 5.39 Å². The maximum atomic E-state index is 13.7. The molecule has 2 nitrogen and oxygen atoms in total. The van der Waals surface area contributed by atoms with Gasteiger partial charge in [0, 0.05) is 16.3 Å². The molecule has 4 aromatic rings. The number of alkyl halides is 3. The van der Waals surface area contributed by atoms with E-state index in [1.54, 1.807) is 48.5 Å². The van der Waals surface area contributed by atoms with Crippen LogP contribution in [0, 0.1) is 0 Å². The Morgan fingerprint density at radius 3 is 2.16 bits per heavy atom. The highest BCUT2D eigenvalue weighted by molar-refractivity contribution is 6.08. The van der Waals surface area contributed by atoms with Crippen LogP contribution >= 0.6 is 0 Å². The van der Waals surface area contributed by atoms with Crippen molar-refractivity contribution in [1.29, 1.82) is 0 Å². The molecular formula is C20H12F3NO. The van der Waals surface area contributed by atoms with Gasteiger partial charge in [-0.3, -0.25) is 0 Å². The summed E-state index contributed by atoms with van der Waals surface area (Å²) in [6.45, 7) is 0. The molecule has 0 atom stereocenters. The smallest absolute Gasteiger partial charge is 0.420 e. The molecule has 1 N–H and O–H groups in total. The first-order valence-corrected chi connectivity index (χ1v) is 7.64. The Morgan fingerprint density at radius 2 is 1.44 bits per heavy atom. The average Bonchev–Trinajstić information content (AvgIpc) is 2.60. The third-order valence-corrected chi connectivity index (χ3v) is 4.19. The van der Waals surface area contributed by atoms with Gasteiger partial charge >= 0.3 is 6.18 Å². The Bertz CT molecular complexity index is 1090. The van der Waals surface area contributed by atoms with Crippen LogP contribution in [0.4, 0.5) is 13.2 Å². The number of halogens is 3. The molecule has 1 aromatic heterocycles. The van der Waals surface area contributed by atoms with Crippen molar-refractivity contribution in [3.63, 3.8) is 0 Å². The van der Waals surface area contributed by atoms with E-state index in [2.05, 4.69) is 4.98 Å². The zero-order valence-electron chi connectivity index (χ0n) is 12.9. The lowest BCUT2D eigenvalue weighted by molar-refractivity contribution is -0.137. The van der Waals surface area contributed by atoms with Gasteiger partial charge in [-0.25, -0.2) is 4.98 Å². The summed E-state index contributed by atoms with van der Waals surface area (Å²) in [5, 5.41) is 11.7. The largest absolute Gasteiger partial charge is 0.505 e. The number of hydrogen-bond donors (Lipinski definition) is 1. The second-order valence-corrected chi connectivity index (χ2v) is 5.73. The molecule has 124 valence electrons. The fourth-order valence-electron chi connectivity index (χ4n) is 3.07. The fraction of sp³-hybridized carbons (Fsp3) is 0.0500. The van der Waals surface area contributed by atoms with Crippen LogP contribution in [0.5, 0.6) is 5.75 Å². The fourth-order valence-corrected chi connectivity index (χ4v) is 3.07. The standard InChI is InChI=1S/C20H12F3NO/c21-20(22,23)16-15-11-10-12-6-4-5-9-14(12)18(15)24-17(19(16)25)13-7-2-1-3-8-13/h1-11,25H. The van der Waals surface area contributed by atoms with E-state index in [4.69, 9.17) is 0 Å². The maximum absolute atomic E-state index is 13.7. The lowest BCUT2D eigenvalue weighted by Gasteiger charge is -2.16. The summed E-state index contributed by atoms with van der Waals surface area (Å²) in [6, 6.07) is 18.5. The first kappa shape index (κ1) is 15.4. The molecule has 0 fully saturated rings. The highest BCUT2D eigenvalue weighted by atomic mass is 19.4. The van der Waals surface area contributed by atoms with Crippen molar-refractivity contribution in [3.8, 4) is 17.0 Å². The van der Waals surface area contributed by atoms with E-state index in [-0.39, 0.29) is 16.6 Å². The van der Waals surface area contributed by atoms with E-state index in [0.717, 1.165) is 5.39 Å². The molecule has 4 rings (SSSR count). The molecule has 0 saturated carbocycles. The van der Waals surface area contributed by atoms with Gasteiger partial charge in [-0.1, -0.05) is 66.7 Å². The van der Waals surface area contributed by atoms with Crippen LogP contribution in [0.15, 0.2) is 66.7 Å². The van der Waals surface area contributed by atoms with E-state index in [1.807, 2.05) is 12.1 Å². The van der Waals surface area contributed by atoms with E-state index in [0.29, 0.717) is 10.9 Å². The molecule has 0 aliphatic heterocycles. The van der Waals surface area contributed by atoms with Crippen LogP contribution in [-0.2, 0) is 6.18 Å². The van der Waals surface area contributed by atoms with Crippen molar-refractivity contribution in [2.75, 3.05) is 0 Å². The monoisotopic (exact) mass is 339 g/mol. The Morgan fingerprint density at radius 1 is 0.760 bits per heavy atom. The summed E-state index contributed by atoms with van der Waals surface area (Å²) in [7, 11) is 0. The van der Waals surface area contributed by atoms with Crippen molar-refractivity contribution in [3.05, 3.63) is 72.3 Å². The van der Waals surface area contributed by atoms with E-state index in [1.165, 1.54) is 6.07 Å². The normalized spacial score (nSPS) is 12.0. The maximum Gasteiger partial charge on any atom is 0.420 e. The number of fused-ring (bicyclic) bond motifs is 3. The topological polar surface area (TPSA) is 33.1 Å². The molecule has 25 heavy (non-hydrogen) atoms. The molecule has 5 heteroatoms. The van der Waals surface area contributed by atoms with Crippen molar-refractivity contribution >= 4 is 21.7 Å². The van der Waals surface area contributed by atoms with Crippen molar-refractivity contribution < 1.29 is 18.3 Å². The number of hydrogen-bond acceptors (Lipinski definition) is 2. The quantitative estimate of drug-likeness (QED) is 0.446. The number of nitrogens with zero attached hydrogens (tertiary/aromatic N) is 1.